The van der Waals surface area contributed by atoms with Gasteiger partial charge >= 0.3 is 0 Å². The molecule has 1 aromatic rings. The lowest BCUT2D eigenvalue weighted by Crippen LogP contribution is -2.45. The quantitative estimate of drug-likeness (QED) is 0.648. The monoisotopic (exact) mass is 287 g/mol. The normalized spacial score (nSPS) is 14.7. The number of amides is 1. The average Bonchev–Trinajstić information content (AvgIpc) is 2.27. The molecule has 1 unspecified atom stereocenters. The van der Waals surface area contributed by atoms with Crippen LogP contribution >= 0.6 is 0 Å². The van der Waals surface area contributed by atoms with E-state index in [-0.39, 0.29) is 17.9 Å². The maximum atomic E-state index is 11.3. The van der Waals surface area contributed by atoms with Crippen LogP contribution in [-0.2, 0) is 20.4 Å². The van der Waals surface area contributed by atoms with Crippen LogP contribution in [-0.4, -0.2) is 37.4 Å². The highest BCUT2D eigenvalue weighted by Crippen LogP contribution is 2.23. The summed E-state index contributed by atoms with van der Waals surface area (Å²) in [6.45, 7) is 0.915. The van der Waals surface area contributed by atoms with E-state index in [2.05, 4.69) is 5.32 Å². The fourth-order valence-electron chi connectivity index (χ4n) is 1.71. The van der Waals surface area contributed by atoms with Gasteiger partial charge in [-0.2, -0.15) is 0 Å². The van der Waals surface area contributed by atoms with E-state index in [1.807, 2.05) is 0 Å². The van der Waals surface area contributed by atoms with Crippen molar-refractivity contribution in [2.45, 2.75) is 24.0 Å². The van der Waals surface area contributed by atoms with E-state index in [9.17, 15) is 18.3 Å². The van der Waals surface area contributed by atoms with Gasteiger partial charge in [0.15, 0.2) is 15.6 Å². The second-order valence-electron chi connectivity index (χ2n) is 4.31. The van der Waals surface area contributed by atoms with E-state index in [1.54, 1.807) is 0 Å². The predicted octanol–water partition coefficient (Wildman–Crippen LogP) is -0.246. The average molecular weight is 287 g/mol. The first kappa shape index (κ1) is 15.6. The molecule has 0 aromatic heterocycles. The molecule has 1 amide bonds. The summed E-state index contributed by atoms with van der Waals surface area (Å²) in [6, 6.07) is 5.49. The fraction of sp³-hybridized carbons (Fsp3) is 0.417. The molecule has 0 heterocycles. The van der Waals surface area contributed by atoms with Gasteiger partial charge in [0, 0.05) is 31.8 Å². The standard InChI is InChI=1S/C12H17NO5S/c1-9(15)13-12(16,7-8-14)10-3-5-11(6-4-10)19(2,17)18/h3-6,14,16H,7-8H2,1-2H3,(H,13,15). The summed E-state index contributed by atoms with van der Waals surface area (Å²) in [5, 5.41) is 21.6. The molecule has 1 atom stereocenters. The minimum Gasteiger partial charge on any atom is -0.396 e. The van der Waals surface area contributed by atoms with Gasteiger partial charge < -0.3 is 15.5 Å². The molecule has 19 heavy (non-hydrogen) atoms. The van der Waals surface area contributed by atoms with Crippen LogP contribution < -0.4 is 5.32 Å². The van der Waals surface area contributed by atoms with Gasteiger partial charge in [-0.1, -0.05) is 12.1 Å². The lowest BCUT2D eigenvalue weighted by Gasteiger charge is -2.28. The summed E-state index contributed by atoms with van der Waals surface area (Å²) in [6.07, 6.45) is 0.987. The molecule has 0 aliphatic carbocycles. The zero-order chi connectivity index (χ0) is 14.7. The van der Waals surface area contributed by atoms with E-state index in [4.69, 9.17) is 5.11 Å². The zero-order valence-electron chi connectivity index (χ0n) is 10.8. The molecule has 0 aliphatic rings. The van der Waals surface area contributed by atoms with Crippen molar-refractivity contribution in [3.63, 3.8) is 0 Å². The van der Waals surface area contributed by atoms with Crippen LogP contribution in [0.25, 0.3) is 0 Å². The molecule has 6 nitrogen and oxygen atoms in total. The van der Waals surface area contributed by atoms with Crippen molar-refractivity contribution in [3.8, 4) is 0 Å². The van der Waals surface area contributed by atoms with Crippen molar-refractivity contribution in [1.29, 1.82) is 0 Å². The van der Waals surface area contributed by atoms with Gasteiger partial charge in [0.2, 0.25) is 5.91 Å². The van der Waals surface area contributed by atoms with Gasteiger partial charge in [0.05, 0.1) is 4.90 Å². The third-order valence-corrected chi connectivity index (χ3v) is 3.74. The number of sulfone groups is 1. The lowest BCUT2D eigenvalue weighted by molar-refractivity contribution is -0.128. The summed E-state index contributed by atoms with van der Waals surface area (Å²) in [7, 11) is -3.32. The predicted molar refractivity (Wildman–Crippen MR) is 69.0 cm³/mol. The smallest absolute Gasteiger partial charge is 0.219 e. The molecule has 0 saturated carbocycles. The van der Waals surface area contributed by atoms with Crippen LogP contribution in [0, 0.1) is 0 Å². The van der Waals surface area contributed by atoms with Crippen LogP contribution in [0.4, 0.5) is 0 Å². The molecule has 0 bridgehead atoms. The van der Waals surface area contributed by atoms with Crippen LogP contribution in [0.2, 0.25) is 0 Å². The third kappa shape index (κ3) is 4.02. The fourth-order valence-corrected chi connectivity index (χ4v) is 2.34. The number of carbonyl (C=O) groups excluding carboxylic acids is 1. The molecular formula is C12H17NO5S. The van der Waals surface area contributed by atoms with E-state index in [0.29, 0.717) is 5.56 Å². The van der Waals surface area contributed by atoms with Crippen LogP contribution in [0.5, 0.6) is 0 Å². The van der Waals surface area contributed by atoms with Gasteiger partial charge in [0.25, 0.3) is 0 Å². The second-order valence-corrected chi connectivity index (χ2v) is 6.33. The Morgan fingerprint density at radius 2 is 1.84 bits per heavy atom. The van der Waals surface area contributed by atoms with Crippen molar-refractivity contribution in [3.05, 3.63) is 29.8 Å². The maximum Gasteiger partial charge on any atom is 0.219 e. The number of benzene rings is 1. The number of aliphatic hydroxyl groups excluding tert-OH is 1. The number of aliphatic hydroxyl groups is 2. The SMILES string of the molecule is CC(=O)NC(O)(CCO)c1ccc(S(C)(=O)=O)cc1. The Hall–Kier alpha value is -1.44. The van der Waals surface area contributed by atoms with E-state index in [0.717, 1.165) is 6.26 Å². The van der Waals surface area contributed by atoms with E-state index >= 15 is 0 Å². The van der Waals surface area contributed by atoms with Crippen LogP contribution in [0.15, 0.2) is 29.2 Å². The molecule has 0 aliphatic heterocycles. The molecule has 0 fully saturated rings. The highest BCUT2D eigenvalue weighted by molar-refractivity contribution is 7.90. The summed E-state index contributed by atoms with van der Waals surface area (Å²) >= 11 is 0. The van der Waals surface area contributed by atoms with Gasteiger partial charge in [-0.15, -0.1) is 0 Å². The molecule has 0 radical (unpaired) electrons. The number of carbonyl (C=O) groups is 1. The van der Waals surface area contributed by atoms with Crippen molar-refractivity contribution in [1.82, 2.24) is 5.32 Å². The summed E-state index contributed by atoms with van der Waals surface area (Å²) in [5.41, 5.74) is -1.40. The topological polar surface area (TPSA) is 104 Å². The molecule has 1 aromatic carbocycles. The zero-order valence-corrected chi connectivity index (χ0v) is 11.6. The lowest BCUT2D eigenvalue weighted by atomic mass is 9.99. The molecule has 3 N–H and O–H groups in total. The van der Waals surface area contributed by atoms with Crippen LogP contribution in [0.3, 0.4) is 0 Å². The number of nitrogens with one attached hydrogen (secondary N) is 1. The van der Waals surface area contributed by atoms with E-state index < -0.39 is 21.5 Å². The van der Waals surface area contributed by atoms with Gasteiger partial charge in [-0.05, 0) is 12.1 Å². The number of hydrogen-bond donors (Lipinski definition) is 3. The summed E-state index contributed by atoms with van der Waals surface area (Å²) < 4.78 is 22.7. The molecule has 0 saturated heterocycles. The largest absolute Gasteiger partial charge is 0.396 e. The Morgan fingerprint density at radius 3 is 2.21 bits per heavy atom. The van der Waals surface area contributed by atoms with Crippen LogP contribution in [0.1, 0.15) is 18.9 Å². The van der Waals surface area contributed by atoms with Crippen molar-refractivity contribution in [2.75, 3.05) is 12.9 Å². The highest BCUT2D eigenvalue weighted by atomic mass is 32.2. The number of hydrogen-bond acceptors (Lipinski definition) is 5. The van der Waals surface area contributed by atoms with Crippen molar-refractivity contribution in [2.24, 2.45) is 0 Å². The van der Waals surface area contributed by atoms with E-state index in [1.165, 1.54) is 31.2 Å². The van der Waals surface area contributed by atoms with Gasteiger partial charge in [-0.3, -0.25) is 4.79 Å². The second kappa shape index (κ2) is 5.68. The Bertz CT molecular complexity index is 552. The Labute approximate surface area is 112 Å². The third-order valence-electron chi connectivity index (χ3n) is 2.62. The van der Waals surface area contributed by atoms with Crippen molar-refractivity contribution >= 4 is 15.7 Å². The minimum absolute atomic E-state index is 0.0925. The van der Waals surface area contributed by atoms with Crippen molar-refractivity contribution < 1.29 is 23.4 Å². The summed E-state index contributed by atoms with van der Waals surface area (Å²) in [4.78, 5) is 11.2. The molecule has 0 spiro atoms. The summed E-state index contributed by atoms with van der Waals surface area (Å²) in [5.74, 6) is -0.455. The molecule has 1 rings (SSSR count). The number of rotatable bonds is 5. The Balaban J connectivity index is 3.14. The Morgan fingerprint density at radius 1 is 1.32 bits per heavy atom. The molecular weight excluding hydrogens is 270 g/mol. The highest BCUT2D eigenvalue weighted by Gasteiger charge is 2.29. The first-order valence-electron chi connectivity index (χ1n) is 5.61. The first-order chi connectivity index (χ1) is 8.69. The first-order valence-corrected chi connectivity index (χ1v) is 7.51. The Kier molecular flexibility index (Phi) is 4.67. The van der Waals surface area contributed by atoms with Gasteiger partial charge in [-0.25, -0.2) is 8.42 Å². The van der Waals surface area contributed by atoms with Gasteiger partial charge in [0.1, 0.15) is 0 Å². The minimum atomic E-state index is -3.32. The molecule has 7 heteroatoms. The molecule has 106 valence electrons. The maximum absolute atomic E-state index is 11.3.